The van der Waals surface area contributed by atoms with E-state index in [-0.39, 0.29) is 40.8 Å². The molecule has 0 amide bonds. The van der Waals surface area contributed by atoms with Gasteiger partial charge in [0.25, 0.3) is 0 Å². The van der Waals surface area contributed by atoms with Crippen LogP contribution in [0.4, 0.5) is 13.2 Å². The summed E-state index contributed by atoms with van der Waals surface area (Å²) in [5.41, 5.74) is 1.23. The molecule has 1 atom stereocenters. The maximum Gasteiger partial charge on any atom is 0.321 e. The number of hydrogen-bond acceptors (Lipinski definition) is 7. The molecule has 10 heteroatoms. The summed E-state index contributed by atoms with van der Waals surface area (Å²) in [6.07, 6.45) is 4.16. The van der Waals surface area contributed by atoms with Crippen molar-refractivity contribution in [2.24, 2.45) is 0 Å². The van der Waals surface area contributed by atoms with Crippen LogP contribution in [0.1, 0.15) is 39.4 Å². The number of carbonyl (C=O) groups is 2. The molecule has 3 aromatic carbocycles. The number of esters is 1. The predicted molar refractivity (Wildman–Crippen MR) is 126 cm³/mol. The van der Waals surface area contributed by atoms with Crippen molar-refractivity contribution in [3.8, 4) is 23.3 Å². The number of carbonyl (C=O) groups excluding carboxylic acids is 2. The fourth-order valence-corrected chi connectivity index (χ4v) is 4.44. The van der Waals surface area contributed by atoms with Crippen LogP contribution in [-0.4, -0.2) is 21.7 Å². The summed E-state index contributed by atoms with van der Waals surface area (Å²) in [4.78, 5) is 33.6. The van der Waals surface area contributed by atoms with Gasteiger partial charge in [-0.25, -0.2) is 23.1 Å². The molecule has 0 bridgehead atoms. The lowest BCUT2D eigenvalue weighted by Crippen LogP contribution is -2.21. The molecule has 0 saturated carbocycles. The summed E-state index contributed by atoms with van der Waals surface area (Å²) in [7, 11) is 0. The molecule has 0 N–H and O–H groups in total. The van der Waals surface area contributed by atoms with Crippen LogP contribution < -0.4 is 14.2 Å². The molecule has 1 aromatic heterocycles. The predicted octanol–water partition coefficient (Wildman–Crippen LogP) is 5.74. The van der Waals surface area contributed by atoms with Crippen molar-refractivity contribution in [3.63, 3.8) is 0 Å². The molecule has 7 nitrogen and oxygen atoms in total. The van der Waals surface area contributed by atoms with E-state index >= 15 is 0 Å². The quantitative estimate of drug-likeness (QED) is 0.148. The summed E-state index contributed by atoms with van der Waals surface area (Å²) in [6, 6.07) is 13.2. The van der Waals surface area contributed by atoms with Crippen molar-refractivity contribution < 1.29 is 37.0 Å². The second kappa shape index (κ2) is 9.15. The molecular weight excluding hydrogens is 501 g/mol. The van der Waals surface area contributed by atoms with E-state index in [0.29, 0.717) is 16.9 Å². The van der Waals surface area contributed by atoms with Crippen LogP contribution in [0.3, 0.4) is 0 Å². The van der Waals surface area contributed by atoms with E-state index in [1.807, 2.05) is 0 Å². The normalized spacial score (nSPS) is 17.0. The van der Waals surface area contributed by atoms with E-state index in [4.69, 9.17) is 14.2 Å². The molecule has 6 rings (SSSR count). The molecule has 188 valence electrons. The molecule has 1 unspecified atom stereocenters. The molecular formula is C28H15F3N2O5. The maximum absolute atomic E-state index is 13.7. The summed E-state index contributed by atoms with van der Waals surface area (Å²) >= 11 is 0. The van der Waals surface area contributed by atoms with Crippen LogP contribution >= 0.6 is 0 Å². The van der Waals surface area contributed by atoms with Gasteiger partial charge in [-0.2, -0.15) is 0 Å². The second-order valence-electron chi connectivity index (χ2n) is 8.53. The number of rotatable bonds is 4. The largest absolute Gasteiger partial charge is 0.452 e. The van der Waals surface area contributed by atoms with E-state index in [1.54, 1.807) is 30.3 Å². The molecule has 0 saturated heterocycles. The molecule has 0 spiro atoms. The zero-order valence-electron chi connectivity index (χ0n) is 19.3. The minimum absolute atomic E-state index is 0.0419. The molecule has 0 fully saturated rings. The Labute approximate surface area is 213 Å². The highest BCUT2D eigenvalue weighted by molar-refractivity contribution is 6.15. The molecule has 2 aliphatic heterocycles. The van der Waals surface area contributed by atoms with Crippen molar-refractivity contribution in [1.29, 1.82) is 0 Å². The van der Waals surface area contributed by atoms with Crippen molar-refractivity contribution >= 4 is 17.8 Å². The van der Waals surface area contributed by atoms with Crippen molar-refractivity contribution in [3.05, 3.63) is 112 Å². The van der Waals surface area contributed by atoms with Crippen LogP contribution in [0, 0.1) is 17.5 Å². The smallest absolute Gasteiger partial charge is 0.321 e. The maximum atomic E-state index is 13.7. The monoisotopic (exact) mass is 516 g/mol. The lowest BCUT2D eigenvalue weighted by molar-refractivity contribution is -0.135. The van der Waals surface area contributed by atoms with Crippen LogP contribution in [-0.2, 0) is 4.79 Å². The van der Waals surface area contributed by atoms with Gasteiger partial charge in [-0.05, 0) is 59.7 Å². The van der Waals surface area contributed by atoms with E-state index in [0.717, 1.165) is 18.2 Å². The first-order chi connectivity index (χ1) is 18.4. The van der Waals surface area contributed by atoms with Crippen molar-refractivity contribution in [1.82, 2.24) is 9.97 Å². The van der Waals surface area contributed by atoms with E-state index in [1.165, 1.54) is 24.5 Å². The van der Waals surface area contributed by atoms with Crippen LogP contribution in [0.15, 0.2) is 72.8 Å². The summed E-state index contributed by atoms with van der Waals surface area (Å²) in [5.74, 6) is -5.38. The Morgan fingerprint density at radius 1 is 0.921 bits per heavy atom. The number of ether oxygens (including phenoxy) is 3. The second-order valence-corrected chi connectivity index (χ2v) is 8.53. The third-order valence-corrected chi connectivity index (χ3v) is 6.10. The number of ketones is 1. The lowest BCUT2D eigenvalue weighted by Gasteiger charge is -2.26. The first-order valence-corrected chi connectivity index (χ1v) is 11.4. The van der Waals surface area contributed by atoms with Gasteiger partial charge in [0, 0.05) is 23.9 Å². The van der Waals surface area contributed by atoms with Crippen LogP contribution in [0.5, 0.6) is 23.3 Å². The van der Waals surface area contributed by atoms with Gasteiger partial charge in [-0.1, -0.05) is 12.1 Å². The highest BCUT2D eigenvalue weighted by atomic mass is 19.2. The van der Waals surface area contributed by atoms with Crippen LogP contribution in [0.25, 0.3) is 6.08 Å². The molecule has 2 aliphatic rings. The van der Waals surface area contributed by atoms with Gasteiger partial charge in [0.1, 0.15) is 17.2 Å². The molecule has 0 radical (unpaired) electrons. The summed E-state index contributed by atoms with van der Waals surface area (Å²) < 4.78 is 57.8. The molecule has 4 aromatic rings. The fourth-order valence-electron chi connectivity index (χ4n) is 4.44. The van der Waals surface area contributed by atoms with E-state index in [9.17, 15) is 22.8 Å². The highest BCUT2D eigenvalue weighted by Crippen LogP contribution is 2.49. The van der Waals surface area contributed by atoms with Gasteiger partial charge in [-0.15, -0.1) is 0 Å². The zero-order chi connectivity index (χ0) is 26.4. The zero-order valence-corrected chi connectivity index (χ0v) is 19.3. The molecule has 38 heavy (non-hydrogen) atoms. The number of hydrogen-bond donors (Lipinski definition) is 0. The molecule has 0 aliphatic carbocycles. The first-order valence-electron chi connectivity index (χ1n) is 11.4. The Kier molecular flexibility index (Phi) is 5.64. The van der Waals surface area contributed by atoms with Gasteiger partial charge in [0.15, 0.2) is 23.2 Å². The number of benzene rings is 3. The topological polar surface area (TPSA) is 87.6 Å². The molecule has 3 heterocycles. The Hall–Kier alpha value is -4.99. The Morgan fingerprint density at radius 2 is 1.68 bits per heavy atom. The fraction of sp³-hybridized carbons (Fsp3) is 0.0714. The van der Waals surface area contributed by atoms with Gasteiger partial charge in [0.2, 0.25) is 5.78 Å². The highest BCUT2D eigenvalue weighted by Gasteiger charge is 2.38. The van der Waals surface area contributed by atoms with Crippen molar-refractivity contribution in [2.45, 2.75) is 12.3 Å². The summed E-state index contributed by atoms with van der Waals surface area (Å²) in [6.45, 7) is 0. The Bertz CT molecular complexity index is 1630. The lowest BCUT2D eigenvalue weighted by atomic mass is 9.84. The number of aromatic nitrogens is 2. The summed E-state index contributed by atoms with van der Waals surface area (Å²) in [5, 5.41) is 0. The number of Topliss-reactive ketones (excluding diaryl/α,β-unsaturated/α-hetero) is 1. The Morgan fingerprint density at radius 3 is 2.45 bits per heavy atom. The average molecular weight is 516 g/mol. The van der Waals surface area contributed by atoms with E-state index in [2.05, 4.69) is 9.97 Å². The van der Waals surface area contributed by atoms with Crippen molar-refractivity contribution in [2.75, 3.05) is 0 Å². The number of allylic oxidation sites excluding steroid dienone is 1. The third-order valence-electron chi connectivity index (χ3n) is 6.10. The number of fused-ring (bicyclic) bond motifs is 3. The first kappa shape index (κ1) is 23.4. The van der Waals surface area contributed by atoms with E-state index < -0.39 is 35.1 Å². The number of nitrogens with zero attached hydrogens (tertiary/aromatic N) is 2. The van der Waals surface area contributed by atoms with Crippen LogP contribution in [0.2, 0.25) is 0 Å². The number of halogens is 3. The standard InChI is InChI=1S/C28H15F3N2O5/c29-19-9-14(10-20(30)25(19)31)11-22-26(35)17-5-6-21-24(27(17)38-22)18(13-23(34)37-21)15-3-1-4-16(12-15)36-28-32-7-2-8-33-28/h1-12,18H,13H2. The average Bonchev–Trinajstić information content (AvgIpc) is 3.22. The SMILES string of the molecule is O=C1CC(c2cccc(Oc3ncccn3)c2)c2c(ccc3c2OC(=Cc2cc(F)c(F)c(F)c2)C3=O)O1. The van der Waals surface area contributed by atoms with Gasteiger partial charge in [-0.3, -0.25) is 9.59 Å². The Balaban J connectivity index is 1.39. The minimum Gasteiger partial charge on any atom is -0.452 e. The van der Waals surface area contributed by atoms with Gasteiger partial charge >= 0.3 is 12.0 Å². The minimum atomic E-state index is -1.61. The van der Waals surface area contributed by atoms with Gasteiger partial charge < -0.3 is 14.2 Å². The van der Waals surface area contributed by atoms with Gasteiger partial charge in [0.05, 0.1) is 12.0 Å². The third kappa shape index (κ3) is 4.15.